The first-order valence-electron chi connectivity index (χ1n) is 8.04. The van der Waals surface area contributed by atoms with Crippen LogP contribution in [0.2, 0.25) is 0 Å². The molecule has 116 valence electrons. The minimum Gasteiger partial charge on any atom is -0.377 e. The second-order valence-electron chi connectivity index (χ2n) is 6.09. The summed E-state index contributed by atoms with van der Waals surface area (Å²) in [6.45, 7) is 9.48. The molecule has 1 aliphatic rings. The topological polar surface area (TPSA) is 29.5 Å². The van der Waals surface area contributed by atoms with E-state index < -0.39 is 0 Å². The first-order valence-corrected chi connectivity index (χ1v) is 8.04. The van der Waals surface area contributed by atoms with Gasteiger partial charge in [-0.1, -0.05) is 19.1 Å². The first-order chi connectivity index (χ1) is 10.1. The minimum atomic E-state index is 0.217. The molecule has 0 radical (unpaired) electrons. The van der Waals surface area contributed by atoms with Gasteiger partial charge in [-0.25, -0.2) is 0 Å². The molecule has 0 aromatic heterocycles. The molecule has 0 aliphatic carbocycles. The van der Waals surface area contributed by atoms with E-state index in [1.807, 2.05) is 18.2 Å². The van der Waals surface area contributed by atoms with Crippen molar-refractivity contribution >= 4 is 5.78 Å². The van der Waals surface area contributed by atoms with Crippen LogP contribution in [-0.4, -0.2) is 43.0 Å². The maximum absolute atomic E-state index is 12.4. The fraction of sp³-hybridized carbons (Fsp3) is 0.611. The number of carbonyl (C=O) groups excluding carboxylic acids is 1. The Morgan fingerprint density at radius 3 is 2.86 bits per heavy atom. The second-order valence-corrected chi connectivity index (χ2v) is 6.09. The van der Waals surface area contributed by atoms with Crippen molar-refractivity contribution in [3.63, 3.8) is 0 Å². The highest BCUT2D eigenvalue weighted by Crippen LogP contribution is 2.15. The molecule has 1 aromatic rings. The highest BCUT2D eigenvalue weighted by molar-refractivity contribution is 5.97. The number of Topliss-reactive ketones (excluding diaryl/α,β-unsaturated/α-hetero) is 1. The van der Waals surface area contributed by atoms with E-state index in [-0.39, 0.29) is 5.78 Å². The molecule has 0 spiro atoms. The van der Waals surface area contributed by atoms with E-state index in [9.17, 15) is 4.79 Å². The van der Waals surface area contributed by atoms with Crippen LogP contribution >= 0.6 is 0 Å². The SMILES string of the molecule is CCCOC1CCCN(CC(=O)c2ccc(C)c(C)c2)C1. The van der Waals surface area contributed by atoms with Gasteiger partial charge < -0.3 is 4.74 Å². The molecule has 0 N–H and O–H groups in total. The lowest BCUT2D eigenvalue weighted by Gasteiger charge is -2.32. The lowest BCUT2D eigenvalue weighted by Crippen LogP contribution is -2.42. The minimum absolute atomic E-state index is 0.217. The van der Waals surface area contributed by atoms with Gasteiger partial charge >= 0.3 is 0 Å². The Kier molecular flexibility index (Phi) is 5.95. The van der Waals surface area contributed by atoms with Crippen molar-refractivity contribution in [1.29, 1.82) is 0 Å². The Hall–Kier alpha value is -1.19. The number of likely N-dealkylation sites (tertiary alicyclic amines) is 1. The lowest BCUT2D eigenvalue weighted by atomic mass is 10.0. The van der Waals surface area contributed by atoms with Gasteiger partial charge in [0.25, 0.3) is 0 Å². The molecule has 2 rings (SSSR count). The summed E-state index contributed by atoms with van der Waals surface area (Å²) >= 11 is 0. The van der Waals surface area contributed by atoms with Gasteiger partial charge in [0.05, 0.1) is 12.6 Å². The molecule has 0 bridgehead atoms. The zero-order chi connectivity index (χ0) is 15.2. The molecular formula is C18H27NO2. The van der Waals surface area contributed by atoms with E-state index in [1.165, 1.54) is 11.1 Å². The van der Waals surface area contributed by atoms with Crippen molar-refractivity contribution in [3.8, 4) is 0 Å². The zero-order valence-electron chi connectivity index (χ0n) is 13.5. The predicted molar refractivity (Wildman–Crippen MR) is 86.0 cm³/mol. The number of carbonyl (C=O) groups is 1. The van der Waals surface area contributed by atoms with Crippen LogP contribution in [0.25, 0.3) is 0 Å². The van der Waals surface area contributed by atoms with E-state index in [4.69, 9.17) is 4.74 Å². The van der Waals surface area contributed by atoms with E-state index >= 15 is 0 Å². The first kappa shape index (κ1) is 16.2. The fourth-order valence-corrected chi connectivity index (χ4v) is 2.79. The van der Waals surface area contributed by atoms with Gasteiger partial charge in [0.1, 0.15) is 0 Å². The van der Waals surface area contributed by atoms with Gasteiger partial charge in [0.2, 0.25) is 0 Å². The Labute approximate surface area is 128 Å². The number of aryl methyl sites for hydroxylation is 2. The molecule has 1 atom stereocenters. The lowest BCUT2D eigenvalue weighted by molar-refractivity contribution is 0.00131. The van der Waals surface area contributed by atoms with Gasteiger partial charge in [0.15, 0.2) is 5.78 Å². The van der Waals surface area contributed by atoms with Gasteiger partial charge in [-0.15, -0.1) is 0 Å². The van der Waals surface area contributed by atoms with Crippen molar-refractivity contribution in [3.05, 3.63) is 34.9 Å². The Bertz CT molecular complexity index is 484. The van der Waals surface area contributed by atoms with Crippen molar-refractivity contribution in [2.75, 3.05) is 26.2 Å². The zero-order valence-corrected chi connectivity index (χ0v) is 13.5. The van der Waals surface area contributed by atoms with Crippen molar-refractivity contribution in [2.45, 2.75) is 46.1 Å². The number of ketones is 1. The van der Waals surface area contributed by atoms with Crippen molar-refractivity contribution in [2.24, 2.45) is 0 Å². The maximum atomic E-state index is 12.4. The van der Waals surface area contributed by atoms with Gasteiger partial charge in [-0.05, 0) is 56.8 Å². The molecular weight excluding hydrogens is 262 g/mol. The summed E-state index contributed by atoms with van der Waals surface area (Å²) in [5.41, 5.74) is 3.25. The van der Waals surface area contributed by atoms with Gasteiger partial charge in [-0.3, -0.25) is 9.69 Å². The molecule has 3 heteroatoms. The summed E-state index contributed by atoms with van der Waals surface area (Å²) < 4.78 is 5.83. The van der Waals surface area contributed by atoms with Gasteiger partial charge in [0, 0.05) is 18.7 Å². The third-order valence-corrected chi connectivity index (χ3v) is 4.22. The number of piperidine rings is 1. The van der Waals surface area contributed by atoms with Gasteiger partial charge in [-0.2, -0.15) is 0 Å². The van der Waals surface area contributed by atoms with Crippen LogP contribution in [0.4, 0.5) is 0 Å². The average Bonchev–Trinajstić information content (AvgIpc) is 2.48. The van der Waals surface area contributed by atoms with Crippen molar-refractivity contribution < 1.29 is 9.53 Å². The molecule has 3 nitrogen and oxygen atoms in total. The summed E-state index contributed by atoms with van der Waals surface area (Å²) in [6.07, 6.45) is 3.59. The van der Waals surface area contributed by atoms with Crippen LogP contribution in [0.1, 0.15) is 47.7 Å². The van der Waals surface area contributed by atoms with Crippen LogP contribution in [0, 0.1) is 13.8 Å². The maximum Gasteiger partial charge on any atom is 0.176 e. The molecule has 1 fully saturated rings. The molecule has 0 saturated carbocycles. The molecule has 1 unspecified atom stereocenters. The van der Waals surface area contributed by atoms with Crippen molar-refractivity contribution in [1.82, 2.24) is 4.90 Å². The Balaban J connectivity index is 1.90. The number of nitrogens with zero attached hydrogens (tertiary/aromatic N) is 1. The smallest absolute Gasteiger partial charge is 0.176 e. The quantitative estimate of drug-likeness (QED) is 0.752. The summed E-state index contributed by atoms with van der Waals surface area (Å²) in [5.74, 6) is 0.217. The van der Waals surface area contributed by atoms with E-state index in [1.54, 1.807) is 0 Å². The van der Waals surface area contributed by atoms with E-state index in [0.717, 1.165) is 44.5 Å². The second kappa shape index (κ2) is 7.71. The predicted octanol–water partition coefficient (Wildman–Crippen LogP) is 3.38. The van der Waals surface area contributed by atoms with E-state index in [0.29, 0.717) is 12.6 Å². The summed E-state index contributed by atoms with van der Waals surface area (Å²) in [6, 6.07) is 5.98. The van der Waals surface area contributed by atoms with Crippen LogP contribution in [0.3, 0.4) is 0 Å². The molecule has 1 saturated heterocycles. The van der Waals surface area contributed by atoms with Crippen LogP contribution in [-0.2, 0) is 4.74 Å². The number of hydrogen-bond acceptors (Lipinski definition) is 3. The number of ether oxygens (including phenoxy) is 1. The number of rotatable bonds is 6. The molecule has 1 aliphatic heterocycles. The monoisotopic (exact) mass is 289 g/mol. The standard InChI is InChI=1S/C18H27NO2/c1-4-10-21-17-6-5-9-19(12-17)13-18(20)16-8-7-14(2)15(3)11-16/h7-8,11,17H,4-6,9-10,12-13H2,1-3H3. The fourth-order valence-electron chi connectivity index (χ4n) is 2.79. The third-order valence-electron chi connectivity index (χ3n) is 4.22. The average molecular weight is 289 g/mol. The van der Waals surface area contributed by atoms with Crippen LogP contribution < -0.4 is 0 Å². The summed E-state index contributed by atoms with van der Waals surface area (Å²) in [4.78, 5) is 14.7. The number of benzene rings is 1. The van der Waals surface area contributed by atoms with E-state index in [2.05, 4.69) is 25.7 Å². The molecule has 21 heavy (non-hydrogen) atoms. The largest absolute Gasteiger partial charge is 0.377 e. The summed E-state index contributed by atoms with van der Waals surface area (Å²) in [7, 11) is 0. The van der Waals surface area contributed by atoms with Crippen LogP contribution in [0.15, 0.2) is 18.2 Å². The van der Waals surface area contributed by atoms with Crippen LogP contribution in [0.5, 0.6) is 0 Å². The Morgan fingerprint density at radius 2 is 2.14 bits per heavy atom. The summed E-state index contributed by atoms with van der Waals surface area (Å²) in [5, 5.41) is 0. The highest BCUT2D eigenvalue weighted by atomic mass is 16.5. The normalized spacial score (nSPS) is 19.7. The Morgan fingerprint density at radius 1 is 1.33 bits per heavy atom. The number of hydrogen-bond donors (Lipinski definition) is 0. The third kappa shape index (κ3) is 4.65. The highest BCUT2D eigenvalue weighted by Gasteiger charge is 2.22. The molecule has 0 amide bonds. The molecule has 1 heterocycles. The molecule has 1 aromatic carbocycles.